The van der Waals surface area contributed by atoms with E-state index < -0.39 is 12.0 Å². The van der Waals surface area contributed by atoms with Crippen molar-refractivity contribution in [3.05, 3.63) is 30.1 Å². The molecule has 1 aromatic rings. The number of piperazine rings is 1. The van der Waals surface area contributed by atoms with Gasteiger partial charge in [-0.05, 0) is 25.5 Å². The highest BCUT2D eigenvalue weighted by molar-refractivity contribution is 5.72. The molecule has 1 saturated heterocycles. The number of carboxylic acid groups (broad SMARTS) is 1. The average molecular weight is 263 g/mol. The fraction of sp³-hybridized carbons (Fsp3) is 0.571. The van der Waals surface area contributed by atoms with E-state index in [1.807, 2.05) is 17.2 Å². The van der Waals surface area contributed by atoms with Gasteiger partial charge < -0.3 is 5.11 Å². The zero-order valence-electron chi connectivity index (χ0n) is 11.5. The Morgan fingerprint density at radius 1 is 1.26 bits per heavy atom. The van der Waals surface area contributed by atoms with Crippen molar-refractivity contribution in [1.82, 2.24) is 14.8 Å². The third-order valence-corrected chi connectivity index (χ3v) is 3.97. The summed E-state index contributed by atoms with van der Waals surface area (Å²) in [4.78, 5) is 19.5. The quantitative estimate of drug-likeness (QED) is 0.885. The van der Waals surface area contributed by atoms with Crippen LogP contribution >= 0.6 is 0 Å². The molecular weight excluding hydrogens is 242 g/mol. The van der Waals surface area contributed by atoms with Gasteiger partial charge in [0.15, 0.2) is 0 Å². The van der Waals surface area contributed by atoms with Crippen LogP contribution in [0.25, 0.3) is 0 Å². The number of carbonyl (C=O) groups is 1. The van der Waals surface area contributed by atoms with Crippen LogP contribution in [0.2, 0.25) is 0 Å². The van der Waals surface area contributed by atoms with Gasteiger partial charge in [-0.15, -0.1) is 0 Å². The molecule has 0 amide bonds. The summed E-state index contributed by atoms with van der Waals surface area (Å²) in [6, 6.07) is 3.98. The molecule has 0 unspecified atom stereocenters. The Hall–Kier alpha value is -1.46. The first-order valence-corrected chi connectivity index (χ1v) is 6.70. The smallest absolute Gasteiger partial charge is 0.320 e. The van der Waals surface area contributed by atoms with Gasteiger partial charge in [-0.25, -0.2) is 0 Å². The zero-order valence-corrected chi connectivity index (χ0v) is 11.5. The summed E-state index contributed by atoms with van der Waals surface area (Å²) in [6.45, 7) is 7.33. The van der Waals surface area contributed by atoms with Crippen LogP contribution in [0, 0.1) is 0 Å². The number of pyridine rings is 1. The molecule has 2 atom stereocenters. The minimum atomic E-state index is -0.742. The average Bonchev–Trinajstić information content (AvgIpc) is 2.46. The van der Waals surface area contributed by atoms with Gasteiger partial charge in [-0.1, -0.05) is 6.07 Å². The molecular formula is C14H21N3O2. The van der Waals surface area contributed by atoms with Crippen molar-refractivity contribution in [3.63, 3.8) is 0 Å². The number of hydrogen-bond donors (Lipinski definition) is 1. The molecule has 2 heterocycles. The molecule has 5 heteroatoms. The van der Waals surface area contributed by atoms with Crippen molar-refractivity contribution in [2.24, 2.45) is 0 Å². The van der Waals surface area contributed by atoms with Gasteiger partial charge in [0, 0.05) is 44.6 Å². The summed E-state index contributed by atoms with van der Waals surface area (Å²) in [7, 11) is 0. The summed E-state index contributed by atoms with van der Waals surface area (Å²) in [6.07, 6.45) is 3.68. The zero-order chi connectivity index (χ0) is 13.8. The molecule has 1 aromatic heterocycles. The van der Waals surface area contributed by atoms with Crippen LogP contribution in [0.4, 0.5) is 0 Å². The van der Waals surface area contributed by atoms with E-state index in [-0.39, 0.29) is 0 Å². The molecule has 1 N–H and O–H groups in total. The van der Waals surface area contributed by atoms with Gasteiger partial charge in [0.05, 0.1) is 0 Å². The molecule has 1 fully saturated rings. The van der Waals surface area contributed by atoms with Gasteiger partial charge >= 0.3 is 5.97 Å². The van der Waals surface area contributed by atoms with E-state index in [0.29, 0.717) is 6.04 Å². The minimum absolute atomic E-state index is 0.330. The predicted molar refractivity (Wildman–Crippen MR) is 72.9 cm³/mol. The maximum atomic E-state index is 11.0. The van der Waals surface area contributed by atoms with Gasteiger partial charge in [0.2, 0.25) is 0 Å². The van der Waals surface area contributed by atoms with Crippen molar-refractivity contribution in [3.8, 4) is 0 Å². The second-order valence-electron chi connectivity index (χ2n) is 5.05. The first-order chi connectivity index (χ1) is 9.09. The van der Waals surface area contributed by atoms with E-state index in [1.54, 1.807) is 13.1 Å². The standard InChI is InChI=1S/C14H21N3O2/c1-11(13-4-3-5-15-10-13)16-6-8-17(9-7-16)12(2)14(18)19/h3-5,10-12H,6-9H2,1-2H3,(H,18,19)/t11-,12+/m1/s1. The fourth-order valence-corrected chi connectivity index (χ4v) is 2.50. The van der Waals surface area contributed by atoms with Crippen molar-refractivity contribution >= 4 is 5.97 Å². The van der Waals surface area contributed by atoms with Gasteiger partial charge in [-0.2, -0.15) is 0 Å². The Kier molecular flexibility index (Phi) is 4.50. The maximum Gasteiger partial charge on any atom is 0.320 e. The van der Waals surface area contributed by atoms with E-state index >= 15 is 0 Å². The topological polar surface area (TPSA) is 56.7 Å². The fourth-order valence-electron chi connectivity index (χ4n) is 2.50. The normalized spacial score (nSPS) is 20.9. The second kappa shape index (κ2) is 6.12. The number of aromatic nitrogens is 1. The third kappa shape index (κ3) is 3.30. The number of hydrogen-bond acceptors (Lipinski definition) is 4. The summed E-state index contributed by atoms with van der Waals surface area (Å²) < 4.78 is 0. The Morgan fingerprint density at radius 3 is 2.42 bits per heavy atom. The monoisotopic (exact) mass is 263 g/mol. The van der Waals surface area contributed by atoms with Crippen LogP contribution in [0.5, 0.6) is 0 Å². The number of aliphatic carboxylic acids is 1. The lowest BCUT2D eigenvalue weighted by Gasteiger charge is -2.39. The molecule has 19 heavy (non-hydrogen) atoms. The van der Waals surface area contributed by atoms with Crippen molar-refractivity contribution in [2.45, 2.75) is 25.9 Å². The highest BCUT2D eigenvalue weighted by Crippen LogP contribution is 2.21. The number of rotatable bonds is 4. The van der Waals surface area contributed by atoms with Crippen LogP contribution in [-0.2, 0) is 4.79 Å². The Labute approximate surface area is 113 Å². The van der Waals surface area contributed by atoms with E-state index in [0.717, 1.165) is 26.2 Å². The molecule has 1 aliphatic rings. The largest absolute Gasteiger partial charge is 0.480 e. The first-order valence-electron chi connectivity index (χ1n) is 6.70. The summed E-state index contributed by atoms with van der Waals surface area (Å²) in [5, 5.41) is 9.02. The lowest BCUT2D eigenvalue weighted by molar-refractivity contribution is -0.143. The van der Waals surface area contributed by atoms with Crippen LogP contribution in [0.15, 0.2) is 24.5 Å². The van der Waals surface area contributed by atoms with E-state index in [4.69, 9.17) is 5.11 Å². The van der Waals surface area contributed by atoms with Gasteiger partial charge in [-0.3, -0.25) is 19.6 Å². The molecule has 1 aliphatic heterocycles. The summed E-state index contributed by atoms with van der Waals surface area (Å²) in [5.41, 5.74) is 1.21. The van der Waals surface area contributed by atoms with Crippen LogP contribution < -0.4 is 0 Å². The maximum absolute atomic E-state index is 11.0. The Balaban J connectivity index is 1.91. The Morgan fingerprint density at radius 2 is 1.89 bits per heavy atom. The molecule has 0 aliphatic carbocycles. The third-order valence-electron chi connectivity index (χ3n) is 3.97. The van der Waals surface area contributed by atoms with Crippen LogP contribution in [0.1, 0.15) is 25.5 Å². The Bertz CT molecular complexity index is 416. The summed E-state index contributed by atoms with van der Waals surface area (Å²) in [5.74, 6) is -0.742. The van der Waals surface area contributed by atoms with Crippen molar-refractivity contribution < 1.29 is 9.90 Å². The number of carboxylic acids is 1. The van der Waals surface area contributed by atoms with E-state index in [9.17, 15) is 4.79 Å². The molecule has 0 spiro atoms. The molecule has 5 nitrogen and oxygen atoms in total. The lowest BCUT2D eigenvalue weighted by Crippen LogP contribution is -2.52. The van der Waals surface area contributed by atoms with Gasteiger partial charge in [0.25, 0.3) is 0 Å². The molecule has 0 aromatic carbocycles. The van der Waals surface area contributed by atoms with Crippen LogP contribution in [-0.4, -0.2) is 58.1 Å². The van der Waals surface area contributed by atoms with Crippen molar-refractivity contribution in [2.75, 3.05) is 26.2 Å². The highest BCUT2D eigenvalue weighted by Gasteiger charge is 2.27. The minimum Gasteiger partial charge on any atom is -0.480 e. The number of nitrogens with zero attached hydrogens (tertiary/aromatic N) is 3. The second-order valence-corrected chi connectivity index (χ2v) is 5.05. The predicted octanol–water partition coefficient (Wildman–Crippen LogP) is 1.23. The molecule has 2 rings (SSSR count). The first kappa shape index (κ1) is 14.0. The highest BCUT2D eigenvalue weighted by atomic mass is 16.4. The molecule has 0 radical (unpaired) electrons. The van der Waals surface area contributed by atoms with E-state index in [2.05, 4.69) is 22.9 Å². The van der Waals surface area contributed by atoms with Crippen molar-refractivity contribution in [1.29, 1.82) is 0 Å². The summed E-state index contributed by atoms with van der Waals surface area (Å²) >= 11 is 0. The molecule has 0 saturated carbocycles. The van der Waals surface area contributed by atoms with E-state index in [1.165, 1.54) is 5.56 Å². The SMILES string of the molecule is C[C@H](c1cccnc1)N1CCN([C@@H](C)C(=O)O)CC1. The van der Waals surface area contributed by atoms with Crippen LogP contribution in [0.3, 0.4) is 0 Å². The molecule has 0 bridgehead atoms. The van der Waals surface area contributed by atoms with Gasteiger partial charge in [0.1, 0.15) is 6.04 Å². The molecule has 104 valence electrons. The lowest BCUT2D eigenvalue weighted by atomic mass is 10.1.